The molecule has 0 radical (unpaired) electrons. The molecule has 35 heavy (non-hydrogen) atoms. The van der Waals surface area contributed by atoms with Gasteiger partial charge in [0.05, 0.1) is 27.3 Å². The summed E-state index contributed by atoms with van der Waals surface area (Å²) in [7, 11) is 2.15. The van der Waals surface area contributed by atoms with Crippen LogP contribution < -0.4 is 4.57 Å². The van der Waals surface area contributed by atoms with Gasteiger partial charge in [-0.1, -0.05) is 57.2 Å². The molecule has 0 spiro atoms. The maximum Gasteiger partial charge on any atom is 0.224 e. The van der Waals surface area contributed by atoms with Gasteiger partial charge in [0.1, 0.15) is 12.9 Å². The van der Waals surface area contributed by atoms with Gasteiger partial charge in [-0.3, -0.25) is 0 Å². The molecule has 0 bridgehead atoms. The number of hydrogen-bond donors (Lipinski definition) is 0. The van der Waals surface area contributed by atoms with Crippen molar-refractivity contribution in [3.8, 4) is 0 Å². The van der Waals surface area contributed by atoms with Crippen LogP contribution >= 0.6 is 0 Å². The molecule has 7 aromatic rings. The summed E-state index contributed by atoms with van der Waals surface area (Å²) < 4.78 is 19.4. The van der Waals surface area contributed by atoms with Crippen molar-refractivity contribution >= 4 is 59.8 Å². The third kappa shape index (κ3) is 2.67. The highest BCUT2D eigenvalue weighted by Gasteiger charge is 2.28. The second-order valence-corrected chi connectivity index (χ2v) is 11.3. The summed E-state index contributed by atoms with van der Waals surface area (Å²) in [4.78, 5) is 0. The lowest BCUT2D eigenvalue weighted by atomic mass is 9.83. The molecular weight excluding hydrogens is 431 g/mol. The van der Waals surface area contributed by atoms with Crippen LogP contribution in [0.3, 0.4) is 0 Å². The number of aryl methyl sites for hydroxylation is 2. The molecule has 3 heterocycles. The van der Waals surface area contributed by atoms with Gasteiger partial charge in [0.25, 0.3) is 0 Å². The van der Waals surface area contributed by atoms with E-state index in [0.717, 1.165) is 17.3 Å². The molecule has 4 aromatic carbocycles. The van der Waals surface area contributed by atoms with Crippen molar-refractivity contribution < 1.29 is 8.96 Å². The van der Waals surface area contributed by atoms with Crippen LogP contribution in [0.15, 0.2) is 66.9 Å². The number of fused-ring (bicyclic) bond motifs is 7. The zero-order chi connectivity index (χ0) is 24.2. The van der Waals surface area contributed by atoms with Crippen molar-refractivity contribution in [1.29, 1.82) is 0 Å². The molecule has 0 saturated carbocycles. The van der Waals surface area contributed by atoms with E-state index in [1.807, 2.05) is 6.07 Å². The van der Waals surface area contributed by atoms with Gasteiger partial charge in [0.15, 0.2) is 6.20 Å². The van der Waals surface area contributed by atoms with Gasteiger partial charge >= 0.3 is 0 Å². The molecule has 0 aliphatic heterocycles. The molecule has 0 atom stereocenters. The van der Waals surface area contributed by atoms with Crippen LogP contribution in [0.25, 0.3) is 59.8 Å². The van der Waals surface area contributed by atoms with Crippen LogP contribution in [0.5, 0.6) is 0 Å². The molecule has 0 aliphatic rings. The Labute approximate surface area is 203 Å². The lowest BCUT2D eigenvalue weighted by molar-refractivity contribution is -0.643. The first-order valence-corrected chi connectivity index (χ1v) is 12.3. The van der Waals surface area contributed by atoms with E-state index in [2.05, 4.69) is 92.4 Å². The zero-order valence-corrected chi connectivity index (χ0v) is 20.8. The average molecular weight is 460 g/mol. The van der Waals surface area contributed by atoms with Gasteiger partial charge < -0.3 is 4.40 Å². The monoisotopic (exact) mass is 459 g/mol. The fraction of sp³-hybridized carbons (Fsp3) is 0.219. The van der Waals surface area contributed by atoms with E-state index in [1.165, 1.54) is 60.0 Å². The van der Waals surface area contributed by atoms with Crippen molar-refractivity contribution in [3.63, 3.8) is 0 Å². The van der Waals surface area contributed by atoms with Gasteiger partial charge in [-0.25, -0.2) is 8.96 Å². The van der Waals surface area contributed by atoms with Crippen LogP contribution in [0.4, 0.5) is 4.39 Å². The molecule has 3 heteroatoms. The standard InChI is InChI=1S/C32H28FN2/c1-18-21-8-6-7-9-22(21)25(17-32(2,3)4)30-27(18)31-28-19(14-15-34(31)5)10-12-24-23-13-11-20(33)16-26(23)35(30)29(24)28/h6-16H,17H2,1-5H3/q+1. The topological polar surface area (TPSA) is 8.29 Å². The number of halogens is 1. The van der Waals surface area contributed by atoms with Gasteiger partial charge in [-0.05, 0) is 64.2 Å². The van der Waals surface area contributed by atoms with E-state index in [-0.39, 0.29) is 11.2 Å². The maximum atomic E-state index is 14.7. The summed E-state index contributed by atoms with van der Waals surface area (Å²) in [5.74, 6) is -0.200. The van der Waals surface area contributed by atoms with Crippen molar-refractivity contribution in [2.45, 2.75) is 34.1 Å². The number of pyridine rings is 2. The summed E-state index contributed by atoms with van der Waals surface area (Å²) in [5, 5.41) is 8.58. The Bertz CT molecular complexity index is 1990. The van der Waals surface area contributed by atoms with Crippen LogP contribution in [0, 0.1) is 18.2 Å². The third-order valence-electron chi connectivity index (χ3n) is 7.71. The highest BCUT2D eigenvalue weighted by molar-refractivity contribution is 6.28. The summed E-state index contributed by atoms with van der Waals surface area (Å²) in [6.07, 6.45) is 3.10. The van der Waals surface area contributed by atoms with Crippen molar-refractivity contribution in [2.24, 2.45) is 12.5 Å². The fourth-order valence-corrected chi connectivity index (χ4v) is 6.37. The second-order valence-electron chi connectivity index (χ2n) is 11.3. The summed E-state index contributed by atoms with van der Waals surface area (Å²) in [6.45, 7) is 9.15. The summed E-state index contributed by atoms with van der Waals surface area (Å²) in [6, 6.07) is 20.6. The SMILES string of the molecule is Cc1c2ccccc2c(CC(C)(C)C)c2c1c1c3c(ccc4c5ccc(F)cc5n2c43)cc[n+]1C. The molecule has 0 unspecified atom stereocenters. The Morgan fingerprint density at radius 1 is 0.829 bits per heavy atom. The quantitative estimate of drug-likeness (QED) is 0.134. The van der Waals surface area contributed by atoms with Crippen LogP contribution in [0.2, 0.25) is 0 Å². The third-order valence-corrected chi connectivity index (χ3v) is 7.71. The number of benzene rings is 4. The zero-order valence-electron chi connectivity index (χ0n) is 20.8. The van der Waals surface area contributed by atoms with Gasteiger partial charge in [0.2, 0.25) is 5.52 Å². The fourth-order valence-electron chi connectivity index (χ4n) is 6.37. The molecule has 0 saturated heterocycles. The molecule has 7 rings (SSSR count). The first-order chi connectivity index (χ1) is 16.7. The Morgan fingerprint density at radius 2 is 1.57 bits per heavy atom. The van der Waals surface area contributed by atoms with E-state index >= 15 is 0 Å². The van der Waals surface area contributed by atoms with Crippen LogP contribution in [-0.4, -0.2) is 4.40 Å². The van der Waals surface area contributed by atoms with Crippen molar-refractivity contribution in [1.82, 2.24) is 4.40 Å². The van der Waals surface area contributed by atoms with E-state index in [4.69, 9.17) is 0 Å². The summed E-state index contributed by atoms with van der Waals surface area (Å²) in [5.41, 5.74) is 7.29. The Morgan fingerprint density at radius 3 is 2.34 bits per heavy atom. The molecular formula is C32H28FN2+. The molecule has 0 fully saturated rings. The van der Waals surface area contributed by atoms with E-state index in [1.54, 1.807) is 12.1 Å². The average Bonchev–Trinajstić information content (AvgIpc) is 3.15. The molecule has 0 aliphatic carbocycles. The number of aromatic nitrogens is 2. The first-order valence-electron chi connectivity index (χ1n) is 12.3. The van der Waals surface area contributed by atoms with E-state index in [9.17, 15) is 4.39 Å². The minimum atomic E-state index is -0.200. The minimum absolute atomic E-state index is 0.0876. The molecule has 0 amide bonds. The highest BCUT2D eigenvalue weighted by Crippen LogP contribution is 2.45. The number of hydrogen-bond acceptors (Lipinski definition) is 0. The van der Waals surface area contributed by atoms with Crippen LogP contribution in [-0.2, 0) is 13.5 Å². The van der Waals surface area contributed by atoms with Crippen molar-refractivity contribution in [2.75, 3.05) is 0 Å². The Kier molecular flexibility index (Phi) is 3.95. The number of rotatable bonds is 1. The summed E-state index contributed by atoms with van der Waals surface area (Å²) >= 11 is 0. The Balaban J connectivity index is 1.95. The van der Waals surface area contributed by atoms with Crippen molar-refractivity contribution in [3.05, 3.63) is 83.8 Å². The predicted molar refractivity (Wildman–Crippen MR) is 145 cm³/mol. The lowest BCUT2D eigenvalue weighted by Gasteiger charge is -2.24. The normalized spacial score (nSPS) is 13.0. The lowest BCUT2D eigenvalue weighted by Crippen LogP contribution is -2.29. The Hall–Kier alpha value is -3.72. The highest BCUT2D eigenvalue weighted by atomic mass is 19.1. The number of nitrogens with zero attached hydrogens (tertiary/aromatic N) is 2. The van der Waals surface area contributed by atoms with Gasteiger partial charge in [-0.2, -0.15) is 0 Å². The van der Waals surface area contributed by atoms with E-state index in [0.29, 0.717) is 0 Å². The molecule has 0 N–H and O–H groups in total. The first kappa shape index (κ1) is 20.6. The molecule has 172 valence electrons. The van der Waals surface area contributed by atoms with E-state index < -0.39 is 0 Å². The smallest absolute Gasteiger partial charge is 0.224 e. The largest absolute Gasteiger partial charge is 0.307 e. The second kappa shape index (κ2) is 6.69. The molecule has 2 nitrogen and oxygen atoms in total. The molecule has 3 aromatic heterocycles. The maximum absolute atomic E-state index is 14.7. The van der Waals surface area contributed by atoms with Gasteiger partial charge in [-0.15, -0.1) is 0 Å². The minimum Gasteiger partial charge on any atom is -0.307 e. The predicted octanol–water partition coefficient (Wildman–Crippen LogP) is 8.00. The van der Waals surface area contributed by atoms with Gasteiger partial charge in [0, 0.05) is 16.8 Å². The van der Waals surface area contributed by atoms with Crippen LogP contribution in [0.1, 0.15) is 31.9 Å².